The summed E-state index contributed by atoms with van der Waals surface area (Å²) in [7, 11) is 1.56. The van der Waals surface area contributed by atoms with Gasteiger partial charge in [0.2, 0.25) is 5.88 Å². The van der Waals surface area contributed by atoms with Gasteiger partial charge in [0.05, 0.1) is 28.0 Å². The molecule has 6 nitrogen and oxygen atoms in total. The Morgan fingerprint density at radius 1 is 1.25 bits per heavy atom. The summed E-state index contributed by atoms with van der Waals surface area (Å²) in [6.45, 7) is 0.475. The van der Waals surface area contributed by atoms with E-state index in [1.165, 1.54) is 17.4 Å². The van der Waals surface area contributed by atoms with Crippen molar-refractivity contribution in [3.05, 3.63) is 64.1 Å². The number of methoxy groups -OCH3 is 1. The molecule has 3 aromatic heterocycles. The average Bonchev–Trinajstić information content (AvgIpc) is 3.22. The summed E-state index contributed by atoms with van der Waals surface area (Å²) < 4.78 is 7.95. The monoisotopic (exact) mass is 414 g/mol. The van der Waals surface area contributed by atoms with Crippen LogP contribution in [0.15, 0.2) is 48.7 Å². The zero-order valence-corrected chi connectivity index (χ0v) is 16.3. The van der Waals surface area contributed by atoms with Crippen molar-refractivity contribution in [1.82, 2.24) is 9.55 Å². The zero-order chi connectivity index (χ0) is 19.8. The second-order valence-electron chi connectivity index (χ2n) is 6.15. The van der Waals surface area contributed by atoms with Gasteiger partial charge in [-0.25, -0.2) is 9.78 Å². The van der Waals surface area contributed by atoms with Gasteiger partial charge in [0.15, 0.2) is 0 Å². The van der Waals surface area contributed by atoms with Crippen molar-refractivity contribution in [3.8, 4) is 22.9 Å². The van der Waals surface area contributed by atoms with Crippen LogP contribution in [0.1, 0.15) is 15.2 Å². The number of aromatic carboxylic acids is 1. The maximum Gasteiger partial charge on any atom is 0.345 e. The molecule has 0 atom stereocenters. The highest BCUT2D eigenvalue weighted by molar-refractivity contribution is 7.20. The summed E-state index contributed by atoms with van der Waals surface area (Å²) in [4.78, 5) is 15.9. The Kier molecular flexibility index (Phi) is 4.70. The molecule has 0 bridgehead atoms. The number of carboxylic acid groups (broad SMARTS) is 1. The number of halogens is 1. The number of thiophene rings is 1. The Morgan fingerprint density at radius 2 is 2.07 bits per heavy atom. The summed E-state index contributed by atoms with van der Waals surface area (Å²) >= 11 is 7.57. The summed E-state index contributed by atoms with van der Waals surface area (Å²) in [6.07, 6.45) is 1.72. The van der Waals surface area contributed by atoms with Crippen LogP contribution in [-0.2, 0) is 6.54 Å². The molecular formula is C20H15ClN2O4S. The van der Waals surface area contributed by atoms with Crippen molar-refractivity contribution in [2.75, 3.05) is 7.11 Å². The van der Waals surface area contributed by atoms with Gasteiger partial charge in [0, 0.05) is 24.4 Å². The average molecular weight is 415 g/mol. The first-order valence-electron chi connectivity index (χ1n) is 8.30. The molecule has 3 heterocycles. The number of aromatic nitrogens is 2. The van der Waals surface area contributed by atoms with Crippen LogP contribution < -0.4 is 4.74 Å². The van der Waals surface area contributed by atoms with Crippen molar-refractivity contribution in [2.45, 2.75) is 6.54 Å². The van der Waals surface area contributed by atoms with Gasteiger partial charge in [-0.15, -0.1) is 11.3 Å². The first-order chi connectivity index (χ1) is 13.5. The lowest BCUT2D eigenvalue weighted by molar-refractivity contribution is 0.0702. The number of rotatable bonds is 5. The van der Waals surface area contributed by atoms with Crippen LogP contribution in [-0.4, -0.2) is 32.8 Å². The molecule has 1 aromatic carbocycles. The van der Waals surface area contributed by atoms with Gasteiger partial charge < -0.3 is 19.5 Å². The van der Waals surface area contributed by atoms with E-state index in [-0.39, 0.29) is 10.6 Å². The molecule has 142 valence electrons. The van der Waals surface area contributed by atoms with E-state index in [4.69, 9.17) is 16.3 Å². The molecule has 0 amide bonds. The fraction of sp³-hybridized carbons (Fsp3) is 0.100. The molecule has 4 rings (SSSR count). The van der Waals surface area contributed by atoms with Crippen molar-refractivity contribution >= 4 is 39.1 Å². The molecule has 0 radical (unpaired) electrons. The van der Waals surface area contributed by atoms with Gasteiger partial charge in [-0.1, -0.05) is 17.7 Å². The fourth-order valence-corrected chi connectivity index (χ4v) is 4.27. The molecule has 0 saturated carbocycles. The second kappa shape index (κ2) is 7.18. The van der Waals surface area contributed by atoms with Gasteiger partial charge >= 0.3 is 5.97 Å². The van der Waals surface area contributed by atoms with E-state index >= 15 is 0 Å². The van der Waals surface area contributed by atoms with Crippen molar-refractivity contribution in [1.29, 1.82) is 0 Å². The number of ether oxygens (including phenoxy) is 1. The smallest absolute Gasteiger partial charge is 0.345 e. The predicted molar refractivity (Wildman–Crippen MR) is 109 cm³/mol. The van der Waals surface area contributed by atoms with E-state index < -0.39 is 5.97 Å². The van der Waals surface area contributed by atoms with E-state index in [2.05, 4.69) is 4.98 Å². The third-order valence-electron chi connectivity index (χ3n) is 4.38. The molecule has 0 spiro atoms. The van der Waals surface area contributed by atoms with Crippen molar-refractivity contribution in [2.24, 2.45) is 0 Å². The van der Waals surface area contributed by atoms with Crippen LogP contribution in [0.5, 0.6) is 11.6 Å². The quantitative estimate of drug-likeness (QED) is 0.486. The Balaban J connectivity index is 1.87. The Labute approximate surface area is 169 Å². The number of pyridine rings is 1. The number of phenols is 1. The first-order valence-corrected chi connectivity index (χ1v) is 9.50. The van der Waals surface area contributed by atoms with Gasteiger partial charge in [-0.05, 0) is 35.9 Å². The minimum absolute atomic E-state index is 0.0844. The molecule has 2 N–H and O–H groups in total. The van der Waals surface area contributed by atoms with Crippen LogP contribution in [0.2, 0.25) is 5.02 Å². The van der Waals surface area contributed by atoms with Crippen LogP contribution in [0.4, 0.5) is 0 Å². The van der Waals surface area contributed by atoms with Crippen molar-refractivity contribution < 1.29 is 19.7 Å². The molecule has 0 aliphatic heterocycles. The lowest BCUT2D eigenvalue weighted by Gasteiger charge is -2.12. The molecular weight excluding hydrogens is 400 g/mol. The topological polar surface area (TPSA) is 84.6 Å². The Bertz CT molecular complexity index is 1180. The summed E-state index contributed by atoms with van der Waals surface area (Å²) in [5, 5.41) is 19.4. The van der Waals surface area contributed by atoms with E-state index in [1.54, 1.807) is 37.6 Å². The number of hydrogen-bond donors (Lipinski definition) is 2. The van der Waals surface area contributed by atoms with Gasteiger partial charge in [0.1, 0.15) is 10.6 Å². The van der Waals surface area contributed by atoms with E-state index in [9.17, 15) is 15.0 Å². The molecule has 0 aliphatic rings. The minimum Gasteiger partial charge on any atom is -0.508 e. The lowest BCUT2D eigenvalue weighted by atomic mass is 10.1. The van der Waals surface area contributed by atoms with Gasteiger partial charge in [0.25, 0.3) is 0 Å². The van der Waals surface area contributed by atoms with Crippen LogP contribution in [0.25, 0.3) is 21.5 Å². The number of benzene rings is 1. The summed E-state index contributed by atoms with van der Waals surface area (Å²) in [5.41, 5.74) is 3.31. The molecule has 0 unspecified atom stereocenters. The Hall–Kier alpha value is -3.03. The molecule has 0 aliphatic carbocycles. The number of nitrogens with zero attached hydrogens (tertiary/aromatic N) is 2. The number of carboxylic acids is 1. The molecule has 8 heteroatoms. The standard InChI is InChI=1S/C20H15ClN2O4S/c1-27-19-5-2-11(9-22-19)10-23-15(13-4-3-12(24)6-14(13)21)7-17-16(23)8-18(28-17)20(25)26/h2-9,24H,10H2,1H3,(H,25,26). The third-order valence-corrected chi connectivity index (χ3v) is 5.75. The van der Waals surface area contributed by atoms with E-state index in [1.807, 2.05) is 16.7 Å². The van der Waals surface area contributed by atoms with E-state index in [0.717, 1.165) is 27.0 Å². The number of aromatic hydroxyl groups is 1. The SMILES string of the molecule is COc1ccc(Cn2c(-c3ccc(O)cc3Cl)cc3sc(C(=O)O)cc32)cn1. The van der Waals surface area contributed by atoms with Crippen LogP contribution in [0, 0.1) is 0 Å². The molecule has 28 heavy (non-hydrogen) atoms. The highest BCUT2D eigenvalue weighted by atomic mass is 35.5. The maximum atomic E-state index is 11.4. The first kappa shape index (κ1) is 18.3. The molecule has 0 saturated heterocycles. The normalized spacial score (nSPS) is 11.1. The number of carbonyl (C=O) groups is 1. The largest absolute Gasteiger partial charge is 0.508 e. The van der Waals surface area contributed by atoms with Gasteiger partial charge in [-0.3, -0.25) is 0 Å². The predicted octanol–water partition coefficient (Wildman–Crippen LogP) is 4.88. The highest BCUT2D eigenvalue weighted by Gasteiger charge is 2.18. The summed E-state index contributed by atoms with van der Waals surface area (Å²) in [5.74, 6) is -0.351. The fourth-order valence-electron chi connectivity index (χ4n) is 3.06. The Morgan fingerprint density at radius 3 is 2.71 bits per heavy atom. The number of phenolic OH excluding ortho intramolecular Hbond substituents is 1. The lowest BCUT2D eigenvalue weighted by Crippen LogP contribution is -2.03. The molecule has 4 aromatic rings. The van der Waals surface area contributed by atoms with E-state index in [0.29, 0.717) is 17.4 Å². The molecule has 0 fully saturated rings. The number of hydrogen-bond acceptors (Lipinski definition) is 5. The van der Waals surface area contributed by atoms with Crippen LogP contribution >= 0.6 is 22.9 Å². The van der Waals surface area contributed by atoms with Gasteiger partial charge in [-0.2, -0.15) is 0 Å². The minimum atomic E-state index is -0.955. The maximum absolute atomic E-state index is 11.4. The second-order valence-corrected chi connectivity index (χ2v) is 7.64. The van der Waals surface area contributed by atoms with Crippen LogP contribution in [0.3, 0.4) is 0 Å². The third kappa shape index (κ3) is 3.30. The number of fused-ring (bicyclic) bond motifs is 1. The van der Waals surface area contributed by atoms with Crippen molar-refractivity contribution in [3.63, 3.8) is 0 Å². The zero-order valence-electron chi connectivity index (χ0n) is 14.7. The summed E-state index contributed by atoms with van der Waals surface area (Å²) in [6, 6.07) is 12.1. The highest BCUT2D eigenvalue weighted by Crippen LogP contribution is 2.38.